The van der Waals surface area contributed by atoms with Crippen LogP contribution in [0.2, 0.25) is 0 Å². The van der Waals surface area contributed by atoms with Gasteiger partial charge in [0.15, 0.2) is 0 Å². The van der Waals surface area contributed by atoms with E-state index in [-0.39, 0.29) is 11.5 Å². The van der Waals surface area contributed by atoms with E-state index in [4.69, 9.17) is 4.74 Å². The second-order valence-electron chi connectivity index (χ2n) is 4.82. The Kier molecular flexibility index (Phi) is 4.15. The fourth-order valence-electron chi connectivity index (χ4n) is 1.85. The molecule has 1 heterocycles. The topological polar surface area (TPSA) is 32.8 Å². The third-order valence-electron chi connectivity index (χ3n) is 3.05. The lowest BCUT2D eigenvalue weighted by Gasteiger charge is -2.29. The van der Waals surface area contributed by atoms with Crippen LogP contribution in [0.1, 0.15) is 27.7 Å². The maximum Gasteiger partial charge on any atom is 0.136 e. The molecule has 0 aromatic rings. The van der Waals surface area contributed by atoms with Crippen LogP contribution in [-0.4, -0.2) is 44.7 Å². The second-order valence-corrected chi connectivity index (χ2v) is 6.14. The van der Waals surface area contributed by atoms with Crippen LogP contribution in [0.15, 0.2) is 12.3 Å². The Bertz CT molecular complexity index is 302. The molecule has 1 atom stereocenters. The van der Waals surface area contributed by atoms with Crippen LogP contribution in [-0.2, 0) is 15.7 Å². The zero-order valence-electron chi connectivity index (χ0n) is 10.8. The first-order valence-corrected chi connectivity index (χ1v) is 6.71. The van der Waals surface area contributed by atoms with Crippen LogP contribution in [0.25, 0.3) is 0 Å². The van der Waals surface area contributed by atoms with Crippen LogP contribution in [0.5, 0.6) is 0 Å². The molecular weight excluding hydrogens is 224 g/mol. The highest BCUT2D eigenvalue weighted by Gasteiger charge is 2.44. The molecule has 1 saturated heterocycles. The Morgan fingerprint density at radius 1 is 1.56 bits per heavy atom. The number of ether oxygens (including phenoxy) is 1. The van der Waals surface area contributed by atoms with Crippen molar-refractivity contribution in [2.24, 2.45) is 0 Å². The molecule has 0 saturated carbocycles. The molecule has 4 nitrogen and oxygen atoms in total. The molecule has 1 aliphatic rings. The Hall–Kier alpha value is -0.390. The van der Waals surface area contributed by atoms with Crippen molar-refractivity contribution in [1.29, 1.82) is 0 Å². The predicted octanol–water partition coefficient (Wildman–Crippen LogP) is 1.53. The Labute approximate surface area is 101 Å². The van der Waals surface area contributed by atoms with E-state index in [1.165, 1.54) is 0 Å². The molecule has 94 valence electrons. The van der Waals surface area contributed by atoms with Crippen LogP contribution in [0.4, 0.5) is 0 Å². The summed E-state index contributed by atoms with van der Waals surface area (Å²) in [4.78, 5) is 2.17. The first kappa shape index (κ1) is 13.7. The minimum absolute atomic E-state index is 0.239. The van der Waals surface area contributed by atoms with E-state index in [0.717, 1.165) is 5.70 Å². The Morgan fingerprint density at radius 2 is 2.12 bits per heavy atom. The van der Waals surface area contributed by atoms with Gasteiger partial charge >= 0.3 is 0 Å². The minimum Gasteiger partial charge on any atom is -0.370 e. The van der Waals surface area contributed by atoms with Gasteiger partial charge in [0.2, 0.25) is 0 Å². The normalized spacial score (nSPS) is 23.1. The zero-order valence-corrected chi connectivity index (χ0v) is 11.6. The summed E-state index contributed by atoms with van der Waals surface area (Å²) in [6.45, 7) is 13.1. The van der Waals surface area contributed by atoms with Crippen molar-refractivity contribution in [2.45, 2.75) is 39.3 Å². The summed E-state index contributed by atoms with van der Waals surface area (Å²) in [7, 11) is 0.451. The van der Waals surface area contributed by atoms with Gasteiger partial charge in [-0.3, -0.25) is 0 Å². The first-order chi connectivity index (χ1) is 7.32. The van der Waals surface area contributed by atoms with Gasteiger partial charge in [0.1, 0.15) is 16.9 Å². The monoisotopic (exact) mass is 246 g/mol. The van der Waals surface area contributed by atoms with Crippen LogP contribution < -0.4 is 0 Å². The van der Waals surface area contributed by atoms with Gasteiger partial charge in [-0.1, -0.05) is 6.58 Å². The predicted molar refractivity (Wildman–Crippen MR) is 66.9 cm³/mol. The minimum atomic E-state index is -1.11. The molecular formula is C11H22N2O2S. The van der Waals surface area contributed by atoms with Gasteiger partial charge in [0, 0.05) is 18.8 Å². The second kappa shape index (κ2) is 4.85. The van der Waals surface area contributed by atoms with E-state index in [9.17, 15) is 4.21 Å². The SMILES string of the molecule is C=C1N(C(C)C)CN(S(=O)COC)C1(C)C. The summed E-state index contributed by atoms with van der Waals surface area (Å²) in [6, 6.07) is 0.372. The summed E-state index contributed by atoms with van der Waals surface area (Å²) in [5, 5.41) is 0. The molecule has 0 aromatic heterocycles. The molecule has 0 aromatic carbocycles. The summed E-state index contributed by atoms with van der Waals surface area (Å²) in [5.74, 6) is 0.239. The number of rotatable bonds is 4. The average molecular weight is 246 g/mol. The van der Waals surface area contributed by atoms with Crippen LogP contribution in [0.3, 0.4) is 0 Å². The van der Waals surface area contributed by atoms with Crippen LogP contribution >= 0.6 is 0 Å². The highest BCUT2D eigenvalue weighted by molar-refractivity contribution is 7.82. The van der Waals surface area contributed by atoms with Crippen molar-refractivity contribution in [1.82, 2.24) is 9.21 Å². The highest BCUT2D eigenvalue weighted by Crippen LogP contribution is 2.35. The summed E-state index contributed by atoms with van der Waals surface area (Å²) >= 11 is 0. The summed E-state index contributed by atoms with van der Waals surface area (Å²) in [6.07, 6.45) is 0. The van der Waals surface area contributed by atoms with Gasteiger partial charge in [-0.15, -0.1) is 0 Å². The molecule has 16 heavy (non-hydrogen) atoms. The smallest absolute Gasteiger partial charge is 0.136 e. The van der Waals surface area contributed by atoms with Gasteiger partial charge < -0.3 is 9.64 Å². The van der Waals surface area contributed by atoms with E-state index >= 15 is 0 Å². The zero-order chi connectivity index (χ0) is 12.5. The lowest BCUT2D eigenvalue weighted by Crippen LogP contribution is -2.41. The number of methoxy groups -OCH3 is 1. The molecule has 5 heteroatoms. The van der Waals surface area contributed by atoms with Gasteiger partial charge in [-0.25, -0.2) is 4.21 Å². The molecule has 0 radical (unpaired) electrons. The van der Waals surface area contributed by atoms with Crippen molar-refractivity contribution in [3.05, 3.63) is 12.3 Å². The maximum absolute atomic E-state index is 12.0. The lowest BCUT2D eigenvalue weighted by atomic mass is 10.0. The number of hydrogen-bond donors (Lipinski definition) is 0. The lowest BCUT2D eigenvalue weighted by molar-refractivity contribution is 0.234. The third kappa shape index (κ3) is 2.31. The molecule has 0 bridgehead atoms. The Morgan fingerprint density at radius 3 is 2.50 bits per heavy atom. The quantitative estimate of drug-likeness (QED) is 0.754. The van der Waals surface area contributed by atoms with Crippen LogP contribution in [0, 0.1) is 0 Å². The Balaban J connectivity index is 2.89. The molecule has 1 rings (SSSR count). The van der Waals surface area contributed by atoms with Gasteiger partial charge in [-0.2, -0.15) is 4.31 Å². The molecule has 1 unspecified atom stereocenters. The standard InChI is InChI=1S/C11H22N2O2S/c1-9(2)12-7-13(16(14)8-15-6)11(4,5)10(12)3/h9H,3,7-8H2,1-2,4-6H3. The largest absolute Gasteiger partial charge is 0.370 e. The molecule has 1 fully saturated rings. The third-order valence-corrected chi connectivity index (χ3v) is 4.55. The molecule has 0 aliphatic carbocycles. The van der Waals surface area contributed by atoms with Crippen molar-refractivity contribution < 1.29 is 8.95 Å². The fraction of sp³-hybridized carbons (Fsp3) is 0.818. The van der Waals surface area contributed by atoms with Crippen molar-refractivity contribution in [2.75, 3.05) is 19.7 Å². The van der Waals surface area contributed by atoms with E-state index in [1.54, 1.807) is 7.11 Å². The maximum atomic E-state index is 12.0. The fourth-order valence-corrected chi connectivity index (χ4v) is 3.05. The van der Waals surface area contributed by atoms with Crippen molar-refractivity contribution in [3.8, 4) is 0 Å². The summed E-state index contributed by atoms with van der Waals surface area (Å²) in [5.41, 5.74) is 0.750. The van der Waals surface area contributed by atoms with Gasteiger partial charge in [0.25, 0.3) is 0 Å². The van der Waals surface area contributed by atoms with E-state index in [0.29, 0.717) is 12.7 Å². The first-order valence-electron chi connectivity index (χ1n) is 5.43. The number of hydrogen-bond acceptors (Lipinski definition) is 3. The van der Waals surface area contributed by atoms with Crippen molar-refractivity contribution >= 4 is 11.0 Å². The van der Waals surface area contributed by atoms with Gasteiger partial charge in [-0.05, 0) is 27.7 Å². The van der Waals surface area contributed by atoms with E-state index < -0.39 is 11.0 Å². The molecule has 0 amide bonds. The van der Waals surface area contributed by atoms with E-state index in [2.05, 4.69) is 25.3 Å². The molecule has 1 aliphatic heterocycles. The average Bonchev–Trinajstić information content (AvgIpc) is 2.39. The van der Waals surface area contributed by atoms with Gasteiger partial charge in [0.05, 0.1) is 12.2 Å². The molecule has 0 spiro atoms. The van der Waals surface area contributed by atoms with E-state index in [1.807, 2.05) is 18.2 Å². The van der Waals surface area contributed by atoms with Crippen molar-refractivity contribution in [3.63, 3.8) is 0 Å². The molecule has 0 N–H and O–H groups in total. The summed E-state index contributed by atoms with van der Waals surface area (Å²) < 4.78 is 18.9. The highest BCUT2D eigenvalue weighted by atomic mass is 32.2. The number of nitrogens with zero attached hydrogens (tertiary/aromatic N) is 2.